The van der Waals surface area contributed by atoms with E-state index in [9.17, 15) is 9.59 Å². The minimum Gasteiger partial charge on any atom is -0.350 e. The predicted octanol–water partition coefficient (Wildman–Crippen LogP) is 4.11. The van der Waals surface area contributed by atoms with E-state index in [0.717, 1.165) is 15.6 Å². The first-order valence-corrected chi connectivity index (χ1v) is 9.83. The molecule has 2 N–H and O–H groups in total. The molecule has 0 aromatic heterocycles. The number of nitrogens with one attached hydrogen (secondary N) is 2. The largest absolute Gasteiger partial charge is 0.350 e. The second-order valence-corrected chi connectivity index (χ2v) is 7.35. The predicted molar refractivity (Wildman–Crippen MR) is 114 cm³/mol. The number of benzene rings is 3. The van der Waals surface area contributed by atoms with Gasteiger partial charge in [-0.15, -0.1) is 0 Å². The van der Waals surface area contributed by atoms with Crippen LogP contribution >= 0.6 is 15.9 Å². The summed E-state index contributed by atoms with van der Waals surface area (Å²) in [6.07, 6.45) is 0.420. The molecule has 0 saturated heterocycles. The third-order valence-electron chi connectivity index (χ3n) is 4.30. The van der Waals surface area contributed by atoms with Crippen LogP contribution in [0.4, 0.5) is 0 Å². The summed E-state index contributed by atoms with van der Waals surface area (Å²) in [7, 11) is 0. The van der Waals surface area contributed by atoms with Gasteiger partial charge < -0.3 is 10.6 Å². The molecule has 0 aliphatic heterocycles. The fourth-order valence-electron chi connectivity index (χ4n) is 2.85. The molecule has 4 nitrogen and oxygen atoms in total. The third kappa shape index (κ3) is 5.79. The molecule has 3 rings (SSSR count). The Balaban J connectivity index is 1.71. The lowest BCUT2D eigenvalue weighted by molar-refractivity contribution is -0.123. The van der Waals surface area contributed by atoms with Crippen LogP contribution in [0.2, 0.25) is 0 Å². The molecule has 5 heteroatoms. The van der Waals surface area contributed by atoms with Crippen molar-refractivity contribution in [2.75, 3.05) is 0 Å². The average Bonchev–Trinajstić information content (AvgIpc) is 2.73. The van der Waals surface area contributed by atoms with E-state index in [1.807, 2.05) is 60.7 Å². The van der Waals surface area contributed by atoms with Crippen LogP contribution in [0.3, 0.4) is 0 Å². The Kier molecular flexibility index (Phi) is 6.98. The van der Waals surface area contributed by atoms with Gasteiger partial charge in [0.15, 0.2) is 0 Å². The summed E-state index contributed by atoms with van der Waals surface area (Å²) < 4.78 is 0.956. The number of carbonyl (C=O) groups excluding carboxylic acids is 2. The summed E-state index contributed by atoms with van der Waals surface area (Å²) >= 11 is 3.43. The van der Waals surface area contributed by atoms with Crippen molar-refractivity contribution in [1.82, 2.24) is 10.6 Å². The summed E-state index contributed by atoms with van der Waals surface area (Å²) in [5.74, 6) is -0.479. The van der Waals surface area contributed by atoms with Gasteiger partial charge in [0, 0.05) is 23.0 Å². The first-order valence-electron chi connectivity index (χ1n) is 9.04. The number of hydrogen-bond acceptors (Lipinski definition) is 2. The van der Waals surface area contributed by atoms with Crippen molar-refractivity contribution in [2.24, 2.45) is 0 Å². The number of hydrogen-bond donors (Lipinski definition) is 2. The van der Waals surface area contributed by atoms with Gasteiger partial charge in [0.2, 0.25) is 5.91 Å². The zero-order valence-corrected chi connectivity index (χ0v) is 16.9. The zero-order chi connectivity index (χ0) is 19.8. The SMILES string of the molecule is O=C(NC(Cc1ccccc1)C(=O)NCc1cccc(Br)c1)c1ccccc1. The van der Waals surface area contributed by atoms with Crippen LogP contribution in [0, 0.1) is 0 Å². The van der Waals surface area contributed by atoms with Crippen LogP contribution in [0.5, 0.6) is 0 Å². The molecule has 1 atom stereocenters. The van der Waals surface area contributed by atoms with Gasteiger partial charge in [0.25, 0.3) is 5.91 Å². The van der Waals surface area contributed by atoms with Crippen molar-refractivity contribution in [3.63, 3.8) is 0 Å². The lowest BCUT2D eigenvalue weighted by atomic mass is 10.0. The van der Waals surface area contributed by atoms with Gasteiger partial charge in [0.05, 0.1) is 0 Å². The van der Waals surface area contributed by atoms with Crippen LogP contribution in [-0.2, 0) is 17.8 Å². The van der Waals surface area contributed by atoms with E-state index in [1.54, 1.807) is 24.3 Å². The standard InChI is InChI=1S/C23H21BrN2O2/c24-20-13-7-10-18(14-20)16-25-23(28)21(15-17-8-3-1-4-9-17)26-22(27)19-11-5-2-6-12-19/h1-14,21H,15-16H2,(H,25,28)(H,26,27). The molecule has 1 unspecified atom stereocenters. The summed E-state index contributed by atoms with van der Waals surface area (Å²) in [4.78, 5) is 25.4. The summed E-state index contributed by atoms with van der Waals surface area (Å²) in [6, 6.07) is 25.7. The Morgan fingerprint density at radius 2 is 1.46 bits per heavy atom. The maximum atomic E-state index is 12.8. The summed E-state index contributed by atoms with van der Waals surface area (Å²) in [5, 5.41) is 5.80. The van der Waals surface area contributed by atoms with E-state index < -0.39 is 6.04 Å². The van der Waals surface area contributed by atoms with Crippen molar-refractivity contribution in [3.8, 4) is 0 Å². The topological polar surface area (TPSA) is 58.2 Å². The molecule has 3 aromatic carbocycles. The molecule has 0 fully saturated rings. The molecule has 3 aromatic rings. The van der Waals surface area contributed by atoms with Crippen molar-refractivity contribution < 1.29 is 9.59 Å². The smallest absolute Gasteiger partial charge is 0.251 e. The molecular formula is C23H21BrN2O2. The Morgan fingerprint density at radius 3 is 2.14 bits per heavy atom. The molecule has 28 heavy (non-hydrogen) atoms. The van der Waals surface area contributed by atoms with Crippen LogP contribution in [0.1, 0.15) is 21.5 Å². The Hall–Kier alpha value is -2.92. The van der Waals surface area contributed by atoms with E-state index >= 15 is 0 Å². The first kappa shape index (κ1) is 19.8. The summed E-state index contributed by atoms with van der Waals surface area (Å²) in [6.45, 7) is 0.394. The van der Waals surface area contributed by atoms with Crippen LogP contribution in [0.15, 0.2) is 89.4 Å². The van der Waals surface area contributed by atoms with E-state index in [2.05, 4.69) is 26.6 Å². The van der Waals surface area contributed by atoms with Gasteiger partial charge in [-0.1, -0.05) is 76.6 Å². The molecule has 0 aliphatic carbocycles. The Morgan fingerprint density at radius 1 is 0.821 bits per heavy atom. The van der Waals surface area contributed by atoms with Crippen molar-refractivity contribution in [2.45, 2.75) is 19.0 Å². The average molecular weight is 437 g/mol. The highest BCUT2D eigenvalue weighted by atomic mass is 79.9. The Labute approximate surface area is 173 Å². The molecule has 0 bridgehead atoms. The highest BCUT2D eigenvalue weighted by Gasteiger charge is 2.21. The molecule has 0 aliphatic rings. The molecule has 0 spiro atoms. The van der Waals surface area contributed by atoms with Crippen LogP contribution in [-0.4, -0.2) is 17.9 Å². The maximum Gasteiger partial charge on any atom is 0.251 e. The van der Waals surface area contributed by atoms with E-state index in [0.29, 0.717) is 18.5 Å². The number of amides is 2. The molecule has 142 valence electrons. The molecule has 2 amide bonds. The van der Waals surface area contributed by atoms with E-state index in [1.165, 1.54) is 0 Å². The van der Waals surface area contributed by atoms with Crippen molar-refractivity contribution in [1.29, 1.82) is 0 Å². The van der Waals surface area contributed by atoms with Gasteiger partial charge in [-0.25, -0.2) is 0 Å². The minimum absolute atomic E-state index is 0.215. The van der Waals surface area contributed by atoms with Crippen LogP contribution < -0.4 is 10.6 Å². The lowest BCUT2D eigenvalue weighted by Gasteiger charge is -2.19. The van der Waals surface area contributed by atoms with Gasteiger partial charge in [0.1, 0.15) is 6.04 Å². The van der Waals surface area contributed by atoms with Crippen molar-refractivity contribution in [3.05, 3.63) is 106 Å². The Bertz CT molecular complexity index is 930. The van der Waals surface area contributed by atoms with Gasteiger partial charge in [-0.3, -0.25) is 9.59 Å². The quantitative estimate of drug-likeness (QED) is 0.585. The molecule has 0 heterocycles. The third-order valence-corrected chi connectivity index (χ3v) is 4.79. The fourth-order valence-corrected chi connectivity index (χ4v) is 3.30. The number of rotatable bonds is 7. The minimum atomic E-state index is -0.665. The van der Waals surface area contributed by atoms with Crippen molar-refractivity contribution >= 4 is 27.7 Å². The maximum absolute atomic E-state index is 12.8. The van der Waals surface area contributed by atoms with E-state index in [-0.39, 0.29) is 11.8 Å². The van der Waals surface area contributed by atoms with Gasteiger partial charge in [-0.05, 0) is 35.4 Å². The van der Waals surface area contributed by atoms with Gasteiger partial charge in [-0.2, -0.15) is 0 Å². The second kappa shape index (κ2) is 9.85. The summed E-state index contributed by atoms with van der Waals surface area (Å²) in [5.41, 5.74) is 2.49. The lowest BCUT2D eigenvalue weighted by Crippen LogP contribution is -2.47. The molecule has 0 radical (unpaired) electrons. The zero-order valence-electron chi connectivity index (χ0n) is 15.3. The monoisotopic (exact) mass is 436 g/mol. The molecular weight excluding hydrogens is 416 g/mol. The van der Waals surface area contributed by atoms with Gasteiger partial charge >= 0.3 is 0 Å². The number of halogens is 1. The normalized spacial score (nSPS) is 11.5. The highest BCUT2D eigenvalue weighted by molar-refractivity contribution is 9.10. The van der Waals surface area contributed by atoms with Crippen LogP contribution in [0.25, 0.3) is 0 Å². The second-order valence-electron chi connectivity index (χ2n) is 6.43. The highest BCUT2D eigenvalue weighted by Crippen LogP contribution is 2.12. The fraction of sp³-hybridized carbons (Fsp3) is 0.130. The first-order chi connectivity index (χ1) is 13.6. The number of carbonyl (C=O) groups is 2. The van der Waals surface area contributed by atoms with E-state index in [4.69, 9.17) is 0 Å². The molecule has 0 saturated carbocycles.